The van der Waals surface area contributed by atoms with Gasteiger partial charge in [0, 0.05) is 22.6 Å². The maximum atomic E-state index is 13.0. The van der Waals surface area contributed by atoms with Crippen molar-refractivity contribution in [2.45, 2.75) is 17.9 Å². The highest BCUT2D eigenvalue weighted by atomic mass is 32.2. The topological polar surface area (TPSA) is 108 Å². The van der Waals surface area contributed by atoms with E-state index in [0.29, 0.717) is 10.5 Å². The normalized spacial score (nSPS) is 11.8. The molecule has 0 bridgehead atoms. The molecular formula is C18H14FN3O5S. The Morgan fingerprint density at radius 2 is 1.89 bits per heavy atom. The Kier molecular flexibility index (Phi) is 5.99. The predicted molar refractivity (Wildman–Crippen MR) is 98.0 cm³/mol. The van der Waals surface area contributed by atoms with E-state index in [-0.39, 0.29) is 29.0 Å². The monoisotopic (exact) mass is 403 g/mol. The van der Waals surface area contributed by atoms with E-state index in [2.05, 4.69) is 10.2 Å². The van der Waals surface area contributed by atoms with Crippen LogP contribution in [0, 0.1) is 15.9 Å². The molecule has 2 aromatic carbocycles. The molecule has 0 aliphatic heterocycles. The van der Waals surface area contributed by atoms with E-state index in [1.807, 2.05) is 0 Å². The summed E-state index contributed by atoms with van der Waals surface area (Å²) in [5.41, 5.74) is 0.529. The molecule has 10 heteroatoms. The predicted octanol–water partition coefficient (Wildman–Crippen LogP) is 4.18. The second-order valence-electron chi connectivity index (χ2n) is 5.62. The Hall–Kier alpha value is -3.27. The average Bonchev–Trinajstić information content (AvgIpc) is 3.17. The van der Waals surface area contributed by atoms with E-state index in [1.54, 1.807) is 19.1 Å². The molecule has 1 aromatic heterocycles. The number of aromatic nitrogens is 2. The highest BCUT2D eigenvalue weighted by molar-refractivity contribution is 8.00. The second kappa shape index (κ2) is 8.61. The number of rotatable bonds is 7. The Balaban J connectivity index is 1.54. The quantitative estimate of drug-likeness (QED) is 0.250. The van der Waals surface area contributed by atoms with E-state index in [9.17, 15) is 19.3 Å². The minimum Gasteiger partial charge on any atom is -0.452 e. The summed E-state index contributed by atoms with van der Waals surface area (Å²) in [6, 6.07) is 11.4. The van der Waals surface area contributed by atoms with Gasteiger partial charge in [-0.1, -0.05) is 0 Å². The molecule has 8 nitrogen and oxygen atoms in total. The van der Waals surface area contributed by atoms with E-state index in [4.69, 9.17) is 9.15 Å². The lowest BCUT2D eigenvalue weighted by Crippen LogP contribution is -2.11. The van der Waals surface area contributed by atoms with Gasteiger partial charge in [-0.2, -0.15) is 0 Å². The minimum atomic E-state index is -0.758. The first-order valence-corrected chi connectivity index (χ1v) is 9.07. The number of halogens is 1. The summed E-state index contributed by atoms with van der Waals surface area (Å²) in [5, 5.41) is 18.4. The molecule has 0 aliphatic carbocycles. The van der Waals surface area contributed by atoms with Crippen molar-refractivity contribution in [2.24, 2.45) is 0 Å². The zero-order valence-corrected chi connectivity index (χ0v) is 15.4. The van der Waals surface area contributed by atoms with E-state index in [0.717, 1.165) is 0 Å². The molecule has 0 unspecified atom stereocenters. The number of ether oxygens (including phenoxy) is 1. The molecule has 1 atom stereocenters. The van der Waals surface area contributed by atoms with Gasteiger partial charge in [0.1, 0.15) is 5.82 Å². The van der Waals surface area contributed by atoms with Crippen molar-refractivity contribution in [3.8, 4) is 11.5 Å². The maximum absolute atomic E-state index is 13.0. The first-order valence-electron chi connectivity index (χ1n) is 8.08. The van der Waals surface area contributed by atoms with Crippen LogP contribution in [0.3, 0.4) is 0 Å². The fraction of sp³-hybridized carbons (Fsp3) is 0.167. The maximum Gasteiger partial charge on any atom is 0.317 e. The van der Waals surface area contributed by atoms with Crippen LogP contribution < -0.4 is 0 Å². The van der Waals surface area contributed by atoms with Gasteiger partial charge in [-0.05, 0) is 43.3 Å². The van der Waals surface area contributed by atoms with E-state index >= 15 is 0 Å². The third-order valence-corrected chi connectivity index (χ3v) is 4.58. The Morgan fingerprint density at radius 1 is 1.21 bits per heavy atom. The van der Waals surface area contributed by atoms with Crippen molar-refractivity contribution in [3.05, 3.63) is 70.4 Å². The number of nitrogens with zero attached hydrogens (tertiary/aromatic N) is 3. The van der Waals surface area contributed by atoms with Crippen molar-refractivity contribution in [3.63, 3.8) is 0 Å². The fourth-order valence-corrected chi connectivity index (χ4v) is 2.88. The Labute approximate surface area is 162 Å². The van der Waals surface area contributed by atoms with Crippen LogP contribution in [0.2, 0.25) is 0 Å². The number of thioether (sulfide) groups is 1. The van der Waals surface area contributed by atoms with Crippen molar-refractivity contribution in [2.75, 3.05) is 5.75 Å². The minimum absolute atomic E-state index is 0.0150. The number of carbonyl (C=O) groups excluding carboxylic acids is 1. The molecule has 0 aliphatic rings. The highest BCUT2D eigenvalue weighted by Gasteiger charge is 2.19. The van der Waals surface area contributed by atoms with Crippen molar-refractivity contribution in [1.82, 2.24) is 10.2 Å². The van der Waals surface area contributed by atoms with E-state index in [1.165, 1.54) is 48.2 Å². The van der Waals surface area contributed by atoms with Gasteiger partial charge in [-0.25, -0.2) is 4.39 Å². The van der Waals surface area contributed by atoms with Crippen LogP contribution in [0.4, 0.5) is 10.1 Å². The molecule has 144 valence electrons. The van der Waals surface area contributed by atoms with Gasteiger partial charge in [0.05, 0.1) is 10.7 Å². The number of nitro benzene ring substituents is 1. The lowest BCUT2D eigenvalue weighted by Gasteiger charge is -2.09. The highest BCUT2D eigenvalue weighted by Crippen LogP contribution is 2.25. The number of non-ortho nitro benzene ring substituents is 1. The van der Waals surface area contributed by atoms with Crippen LogP contribution in [-0.4, -0.2) is 26.8 Å². The third kappa shape index (κ3) is 4.92. The molecule has 0 N–H and O–H groups in total. The van der Waals surface area contributed by atoms with Gasteiger partial charge < -0.3 is 9.15 Å². The molecule has 1 heterocycles. The van der Waals surface area contributed by atoms with Gasteiger partial charge >= 0.3 is 5.97 Å². The lowest BCUT2D eigenvalue weighted by molar-refractivity contribution is -0.384. The van der Waals surface area contributed by atoms with Crippen molar-refractivity contribution in [1.29, 1.82) is 0 Å². The van der Waals surface area contributed by atoms with Crippen LogP contribution in [0.5, 0.6) is 0 Å². The second-order valence-corrected chi connectivity index (χ2v) is 6.67. The number of hydrogen-bond acceptors (Lipinski definition) is 8. The van der Waals surface area contributed by atoms with Crippen molar-refractivity contribution >= 4 is 23.4 Å². The molecule has 0 fully saturated rings. The summed E-state index contributed by atoms with van der Waals surface area (Å²) in [5.74, 6) is -0.555. The fourth-order valence-electron chi connectivity index (χ4n) is 2.20. The van der Waals surface area contributed by atoms with Gasteiger partial charge in [0.2, 0.25) is 5.89 Å². The van der Waals surface area contributed by atoms with Crippen molar-refractivity contribution < 1.29 is 23.3 Å². The average molecular weight is 403 g/mol. The lowest BCUT2D eigenvalue weighted by atomic mass is 10.2. The van der Waals surface area contributed by atoms with Crippen LogP contribution in [0.15, 0.2) is 57.8 Å². The first kappa shape index (κ1) is 19.5. The van der Waals surface area contributed by atoms with Gasteiger partial charge in [-0.3, -0.25) is 14.9 Å². The molecular weight excluding hydrogens is 389 g/mol. The number of esters is 1. The molecule has 0 amide bonds. The van der Waals surface area contributed by atoms with Gasteiger partial charge in [-0.15, -0.1) is 22.0 Å². The molecule has 3 rings (SSSR count). The van der Waals surface area contributed by atoms with Crippen LogP contribution in [0.25, 0.3) is 11.5 Å². The number of carbonyl (C=O) groups is 1. The van der Waals surface area contributed by atoms with Crippen LogP contribution in [0.1, 0.15) is 18.9 Å². The summed E-state index contributed by atoms with van der Waals surface area (Å²) < 4.78 is 23.7. The molecule has 0 saturated carbocycles. The summed E-state index contributed by atoms with van der Waals surface area (Å²) in [6.45, 7) is 1.59. The molecule has 3 aromatic rings. The summed E-state index contributed by atoms with van der Waals surface area (Å²) in [6.07, 6.45) is -0.758. The number of benzene rings is 2. The Morgan fingerprint density at radius 3 is 2.54 bits per heavy atom. The zero-order valence-electron chi connectivity index (χ0n) is 14.6. The number of nitro groups is 1. The summed E-state index contributed by atoms with van der Waals surface area (Å²) >= 11 is 1.19. The summed E-state index contributed by atoms with van der Waals surface area (Å²) in [7, 11) is 0. The standard InChI is InChI=1S/C18H14FN3O5S/c1-11(17-20-21-18(27-17)12-2-4-13(19)5-3-12)26-16(23)10-28-15-8-6-14(7-9-15)22(24)25/h2-9,11H,10H2,1H3/t11-/m1/s1. The SMILES string of the molecule is C[C@@H](OC(=O)CSc1ccc([N+](=O)[O-])cc1)c1nnc(-c2ccc(F)cc2)o1. The zero-order chi connectivity index (χ0) is 20.1. The molecule has 0 spiro atoms. The first-order chi connectivity index (χ1) is 13.4. The number of hydrogen-bond donors (Lipinski definition) is 0. The van der Waals surface area contributed by atoms with Crippen LogP contribution in [-0.2, 0) is 9.53 Å². The Bertz CT molecular complexity index is 976. The van der Waals surface area contributed by atoms with Crippen LogP contribution >= 0.6 is 11.8 Å². The largest absolute Gasteiger partial charge is 0.452 e. The van der Waals surface area contributed by atoms with E-state index < -0.39 is 17.0 Å². The smallest absolute Gasteiger partial charge is 0.317 e. The molecule has 28 heavy (non-hydrogen) atoms. The summed E-state index contributed by atoms with van der Waals surface area (Å²) in [4.78, 5) is 22.8. The van der Waals surface area contributed by atoms with Gasteiger partial charge in [0.15, 0.2) is 6.10 Å². The molecule has 0 radical (unpaired) electrons. The third-order valence-electron chi connectivity index (χ3n) is 3.59. The van der Waals surface area contributed by atoms with Gasteiger partial charge in [0.25, 0.3) is 11.6 Å². The molecule has 0 saturated heterocycles.